The van der Waals surface area contributed by atoms with Gasteiger partial charge in [0.15, 0.2) is 9.84 Å². The lowest BCUT2D eigenvalue weighted by molar-refractivity contribution is -0.139. The summed E-state index contributed by atoms with van der Waals surface area (Å²) in [6.07, 6.45) is 3.07. The summed E-state index contributed by atoms with van der Waals surface area (Å²) in [5.74, 6) is 0.427. The maximum absolute atomic E-state index is 13.7. The molecule has 0 saturated carbocycles. The van der Waals surface area contributed by atoms with Gasteiger partial charge in [0, 0.05) is 50.0 Å². The highest BCUT2D eigenvalue weighted by molar-refractivity contribution is 7.90. The van der Waals surface area contributed by atoms with Crippen molar-refractivity contribution in [1.29, 1.82) is 0 Å². The lowest BCUT2D eigenvalue weighted by Crippen LogP contribution is -2.55. The molecule has 0 spiro atoms. The van der Waals surface area contributed by atoms with Gasteiger partial charge >= 0.3 is 6.18 Å². The highest BCUT2D eigenvalue weighted by Gasteiger charge is 2.38. The molecule has 3 heterocycles. The monoisotopic (exact) mass is 525 g/mol. The van der Waals surface area contributed by atoms with Gasteiger partial charge in [-0.3, -0.25) is 4.79 Å². The van der Waals surface area contributed by atoms with Gasteiger partial charge in [-0.15, -0.1) is 0 Å². The van der Waals surface area contributed by atoms with Crippen LogP contribution in [0.1, 0.15) is 43.7 Å². The lowest BCUT2D eigenvalue weighted by Gasteiger charge is -2.42. The molecule has 12 heteroatoms. The third-order valence-corrected chi connectivity index (χ3v) is 7.93. The fourth-order valence-corrected chi connectivity index (χ4v) is 5.42. The molecule has 0 aliphatic carbocycles. The fourth-order valence-electron chi connectivity index (χ4n) is 4.77. The quantitative estimate of drug-likeness (QED) is 0.617. The number of alkyl halides is 3. The molecule has 196 valence electrons. The number of hydrogen-bond donors (Lipinski definition) is 1. The zero-order chi connectivity index (χ0) is 26.1. The van der Waals surface area contributed by atoms with Gasteiger partial charge in [-0.05, 0) is 55.9 Å². The number of hydrogen-bond acceptors (Lipinski definition) is 7. The van der Waals surface area contributed by atoms with Crippen LogP contribution in [0, 0.1) is 0 Å². The summed E-state index contributed by atoms with van der Waals surface area (Å²) < 4.78 is 64.7. The molecule has 36 heavy (non-hydrogen) atoms. The van der Waals surface area contributed by atoms with Crippen molar-refractivity contribution in [1.82, 2.24) is 14.9 Å². The van der Waals surface area contributed by atoms with Crippen LogP contribution in [0.4, 0.5) is 24.8 Å². The number of nitrogens with one attached hydrogen (secondary N) is 1. The van der Waals surface area contributed by atoms with Crippen molar-refractivity contribution >= 4 is 27.4 Å². The molecule has 0 bridgehead atoms. The maximum atomic E-state index is 13.7. The molecule has 1 atom stereocenters. The standard InChI is InChI=1S/C24H30F3N5O3S/c1-3-16-14-28-23(29-15-16)31-11-8-17(9-12-31)32-10-4-5-21(22(32)33)30-20-7-6-18(36(2,34)35)13-19(20)24(25,26)27/h6-7,13-15,17,21,30H,3-5,8-12H2,1-2H3/t21-/m0/s1. The maximum Gasteiger partial charge on any atom is 0.418 e. The molecule has 2 saturated heterocycles. The number of nitrogens with zero attached hydrogens (tertiary/aromatic N) is 4. The van der Waals surface area contributed by atoms with Gasteiger partial charge < -0.3 is 15.1 Å². The van der Waals surface area contributed by atoms with Crippen LogP contribution in [-0.4, -0.2) is 67.2 Å². The number of aryl methyl sites for hydroxylation is 1. The van der Waals surface area contributed by atoms with Gasteiger partial charge in [0.1, 0.15) is 6.04 Å². The first-order valence-electron chi connectivity index (χ1n) is 12.0. The van der Waals surface area contributed by atoms with Crippen LogP contribution in [0.3, 0.4) is 0 Å². The molecule has 1 N–H and O–H groups in total. The van der Waals surface area contributed by atoms with Gasteiger partial charge in [0.05, 0.1) is 10.5 Å². The predicted octanol–water partition coefficient (Wildman–Crippen LogP) is 3.53. The van der Waals surface area contributed by atoms with Crippen LogP contribution in [-0.2, 0) is 27.2 Å². The van der Waals surface area contributed by atoms with Crippen LogP contribution >= 0.6 is 0 Å². The number of piperidine rings is 2. The normalized spacial score (nSPS) is 20.0. The van der Waals surface area contributed by atoms with E-state index < -0.39 is 32.5 Å². The molecule has 1 aromatic carbocycles. The van der Waals surface area contributed by atoms with E-state index >= 15 is 0 Å². The van der Waals surface area contributed by atoms with Gasteiger partial charge in [-0.1, -0.05) is 6.92 Å². The van der Waals surface area contributed by atoms with Gasteiger partial charge in [0.25, 0.3) is 0 Å². The molecular formula is C24H30F3N5O3S. The number of carbonyl (C=O) groups excluding carboxylic acids is 1. The Kier molecular flexibility index (Phi) is 7.44. The summed E-state index contributed by atoms with van der Waals surface area (Å²) in [7, 11) is -3.81. The fraction of sp³-hybridized carbons (Fsp3) is 0.542. The van der Waals surface area contributed by atoms with E-state index in [9.17, 15) is 26.4 Å². The van der Waals surface area contributed by atoms with E-state index in [1.165, 1.54) is 0 Å². The van der Waals surface area contributed by atoms with E-state index in [-0.39, 0.29) is 17.6 Å². The van der Waals surface area contributed by atoms with Crippen molar-refractivity contribution in [2.24, 2.45) is 0 Å². The number of halogens is 3. The summed E-state index contributed by atoms with van der Waals surface area (Å²) >= 11 is 0. The molecule has 8 nitrogen and oxygen atoms in total. The van der Waals surface area contributed by atoms with Crippen molar-refractivity contribution < 1.29 is 26.4 Å². The second-order valence-electron chi connectivity index (χ2n) is 9.31. The minimum atomic E-state index is -4.77. The summed E-state index contributed by atoms with van der Waals surface area (Å²) in [6.45, 7) is 3.96. The van der Waals surface area contributed by atoms with E-state index in [2.05, 4.69) is 20.2 Å². The number of benzene rings is 1. The Morgan fingerprint density at radius 1 is 1.08 bits per heavy atom. The Morgan fingerprint density at radius 3 is 2.33 bits per heavy atom. The van der Waals surface area contributed by atoms with Crippen LogP contribution < -0.4 is 10.2 Å². The molecule has 1 amide bonds. The Morgan fingerprint density at radius 2 is 1.75 bits per heavy atom. The summed E-state index contributed by atoms with van der Waals surface area (Å²) in [4.78, 5) is 25.6. The Labute approximate surface area is 208 Å². The Bertz CT molecular complexity index is 1200. The molecule has 2 aromatic rings. The van der Waals surface area contributed by atoms with E-state index in [4.69, 9.17) is 0 Å². The van der Waals surface area contributed by atoms with Crippen molar-refractivity contribution in [2.45, 2.75) is 62.2 Å². The van der Waals surface area contributed by atoms with Crippen LogP contribution in [0.25, 0.3) is 0 Å². The first-order valence-corrected chi connectivity index (χ1v) is 13.9. The van der Waals surface area contributed by atoms with E-state index in [0.29, 0.717) is 57.3 Å². The number of rotatable bonds is 6. The number of sulfone groups is 1. The van der Waals surface area contributed by atoms with Gasteiger partial charge in [-0.2, -0.15) is 13.2 Å². The smallest absolute Gasteiger partial charge is 0.373 e. The summed E-state index contributed by atoms with van der Waals surface area (Å²) in [5.41, 5.74) is -0.332. The first-order chi connectivity index (χ1) is 17.0. The molecule has 0 unspecified atom stereocenters. The lowest BCUT2D eigenvalue weighted by atomic mass is 9.97. The predicted molar refractivity (Wildman–Crippen MR) is 130 cm³/mol. The molecule has 2 aliphatic rings. The minimum absolute atomic E-state index is 0.0111. The SMILES string of the molecule is CCc1cnc(N2CCC(N3CCC[C@H](Nc4ccc(S(C)(=O)=O)cc4C(F)(F)F)C3=O)CC2)nc1. The van der Waals surface area contributed by atoms with E-state index in [1.807, 2.05) is 19.3 Å². The molecular weight excluding hydrogens is 495 g/mol. The van der Waals surface area contributed by atoms with Crippen molar-refractivity contribution in [3.63, 3.8) is 0 Å². The minimum Gasteiger partial charge on any atom is -0.373 e. The number of likely N-dealkylation sites (tertiary alicyclic amines) is 1. The molecule has 2 aliphatic heterocycles. The second kappa shape index (κ2) is 10.2. The van der Waals surface area contributed by atoms with Gasteiger partial charge in [-0.25, -0.2) is 18.4 Å². The third kappa shape index (κ3) is 5.74. The van der Waals surface area contributed by atoms with E-state index in [0.717, 1.165) is 30.4 Å². The van der Waals surface area contributed by atoms with Crippen LogP contribution in [0.15, 0.2) is 35.5 Å². The topological polar surface area (TPSA) is 95.5 Å². The second-order valence-corrected chi connectivity index (χ2v) is 11.3. The van der Waals surface area contributed by atoms with Crippen molar-refractivity contribution in [2.75, 3.05) is 36.1 Å². The highest BCUT2D eigenvalue weighted by Crippen LogP contribution is 2.37. The van der Waals surface area contributed by atoms with E-state index in [1.54, 1.807) is 4.90 Å². The molecule has 4 rings (SSSR count). The largest absolute Gasteiger partial charge is 0.418 e. The number of anilines is 2. The highest BCUT2D eigenvalue weighted by atomic mass is 32.2. The molecule has 1 aromatic heterocycles. The zero-order valence-electron chi connectivity index (χ0n) is 20.3. The summed E-state index contributed by atoms with van der Waals surface area (Å²) in [5, 5.41) is 2.76. The molecule has 2 fully saturated rings. The average Bonchev–Trinajstić information content (AvgIpc) is 2.84. The number of carbonyl (C=O) groups is 1. The first kappa shape index (κ1) is 26.2. The molecule has 0 radical (unpaired) electrons. The van der Waals surface area contributed by atoms with Crippen LogP contribution in [0.2, 0.25) is 0 Å². The number of aromatic nitrogens is 2. The number of amides is 1. The van der Waals surface area contributed by atoms with Gasteiger partial charge in [0.2, 0.25) is 11.9 Å². The zero-order valence-corrected chi connectivity index (χ0v) is 21.1. The Balaban J connectivity index is 1.44. The van der Waals surface area contributed by atoms with Crippen molar-refractivity contribution in [3.8, 4) is 0 Å². The third-order valence-electron chi connectivity index (χ3n) is 6.82. The average molecular weight is 526 g/mol. The summed E-state index contributed by atoms with van der Waals surface area (Å²) in [6, 6.07) is 2.01. The van der Waals surface area contributed by atoms with Crippen LogP contribution in [0.5, 0.6) is 0 Å². The van der Waals surface area contributed by atoms with Crippen molar-refractivity contribution in [3.05, 3.63) is 41.7 Å². The Hall–Kier alpha value is -2.89.